The topological polar surface area (TPSA) is 46.2 Å². The molecule has 2 unspecified atom stereocenters. The Balaban J connectivity index is 4.21. The number of alkyl halides is 1. The molecule has 0 heterocycles. The summed E-state index contributed by atoms with van der Waals surface area (Å²) in [5, 5.41) is 0. The van der Waals surface area contributed by atoms with E-state index in [-0.39, 0.29) is 17.7 Å². The maximum Gasteiger partial charge on any atom is 0.212 e. The quantitative estimate of drug-likeness (QED) is 0.722. The van der Waals surface area contributed by atoms with Crippen molar-refractivity contribution in [2.75, 3.05) is 11.6 Å². The minimum Gasteiger partial charge on any atom is -0.212 e. The molecule has 2 atom stereocenters. The fraction of sp³-hybridized carbons (Fsp3) is 1.00. The van der Waals surface area contributed by atoms with Crippen molar-refractivity contribution in [1.29, 1.82) is 0 Å². The summed E-state index contributed by atoms with van der Waals surface area (Å²) in [4.78, 5) is 0. The molecule has 86 valence electrons. The Labute approximate surface area is 92.3 Å². The van der Waals surface area contributed by atoms with E-state index in [2.05, 4.69) is 4.72 Å². The van der Waals surface area contributed by atoms with Crippen LogP contribution >= 0.6 is 11.6 Å². The highest BCUT2D eigenvalue weighted by atomic mass is 35.5. The molecule has 0 rings (SSSR count). The second kappa shape index (κ2) is 5.93. The van der Waals surface area contributed by atoms with Crippen LogP contribution in [0, 0.1) is 11.8 Å². The van der Waals surface area contributed by atoms with Crippen molar-refractivity contribution in [2.45, 2.75) is 33.7 Å². The normalized spacial score (nSPS) is 17.0. The fourth-order valence-corrected chi connectivity index (χ4v) is 2.93. The maximum atomic E-state index is 11.5. The monoisotopic (exact) mass is 241 g/mol. The van der Waals surface area contributed by atoms with Gasteiger partial charge in [-0.1, -0.05) is 20.8 Å². The Morgan fingerprint density at radius 3 is 2.07 bits per heavy atom. The lowest BCUT2D eigenvalue weighted by molar-refractivity contribution is 0.473. The van der Waals surface area contributed by atoms with Gasteiger partial charge in [0.05, 0.1) is 5.75 Å². The van der Waals surface area contributed by atoms with Gasteiger partial charge in [0.25, 0.3) is 0 Å². The smallest absolute Gasteiger partial charge is 0.212 e. The standard InChI is InChI=1S/C9H20ClNO2S/c1-7(2)9(4)11-14(12,13)6-8(3)5-10/h7-9,11H,5-6H2,1-4H3. The molecule has 0 radical (unpaired) electrons. The Hall–Kier alpha value is 0.200. The lowest BCUT2D eigenvalue weighted by Gasteiger charge is -2.18. The van der Waals surface area contributed by atoms with E-state index in [4.69, 9.17) is 11.6 Å². The molecule has 0 aromatic carbocycles. The van der Waals surface area contributed by atoms with Crippen LogP contribution in [-0.4, -0.2) is 26.1 Å². The zero-order valence-corrected chi connectivity index (χ0v) is 10.8. The molecule has 14 heavy (non-hydrogen) atoms. The molecule has 0 fully saturated rings. The first-order valence-corrected chi connectivity index (χ1v) is 7.03. The molecular weight excluding hydrogens is 222 g/mol. The van der Waals surface area contributed by atoms with Gasteiger partial charge in [-0.2, -0.15) is 0 Å². The zero-order valence-electron chi connectivity index (χ0n) is 9.25. The maximum absolute atomic E-state index is 11.5. The van der Waals surface area contributed by atoms with Crippen LogP contribution in [0.3, 0.4) is 0 Å². The summed E-state index contributed by atoms with van der Waals surface area (Å²) in [6, 6.07) is -0.0254. The summed E-state index contributed by atoms with van der Waals surface area (Å²) >= 11 is 5.56. The molecule has 0 saturated heterocycles. The van der Waals surface area contributed by atoms with Gasteiger partial charge in [0.15, 0.2) is 0 Å². The van der Waals surface area contributed by atoms with Crippen LogP contribution in [0.25, 0.3) is 0 Å². The van der Waals surface area contributed by atoms with Gasteiger partial charge in [-0.3, -0.25) is 0 Å². The van der Waals surface area contributed by atoms with Crippen molar-refractivity contribution >= 4 is 21.6 Å². The van der Waals surface area contributed by atoms with Gasteiger partial charge in [-0.05, 0) is 18.8 Å². The third-order valence-corrected chi connectivity index (χ3v) is 4.40. The molecule has 0 saturated carbocycles. The molecule has 3 nitrogen and oxygen atoms in total. The second-order valence-electron chi connectivity index (χ2n) is 4.19. The largest absolute Gasteiger partial charge is 0.212 e. The molecule has 0 aliphatic heterocycles. The first kappa shape index (κ1) is 14.2. The van der Waals surface area contributed by atoms with E-state index in [1.54, 1.807) is 0 Å². The number of hydrogen-bond donors (Lipinski definition) is 1. The van der Waals surface area contributed by atoms with Crippen LogP contribution in [-0.2, 0) is 10.0 Å². The first-order chi connectivity index (χ1) is 6.28. The van der Waals surface area contributed by atoms with Gasteiger partial charge in [-0.25, -0.2) is 13.1 Å². The number of rotatable bonds is 6. The minimum absolute atomic E-state index is 0.00599. The highest BCUT2D eigenvalue weighted by molar-refractivity contribution is 7.89. The summed E-state index contributed by atoms with van der Waals surface area (Å²) in [7, 11) is -3.17. The average molecular weight is 242 g/mol. The second-order valence-corrected chi connectivity index (χ2v) is 6.30. The molecule has 5 heteroatoms. The van der Waals surface area contributed by atoms with Crippen LogP contribution in [0.5, 0.6) is 0 Å². The number of hydrogen-bond acceptors (Lipinski definition) is 2. The summed E-state index contributed by atoms with van der Waals surface area (Å²) in [5.41, 5.74) is 0. The van der Waals surface area contributed by atoms with Gasteiger partial charge in [0.1, 0.15) is 0 Å². The van der Waals surface area contributed by atoms with Gasteiger partial charge in [0.2, 0.25) is 10.0 Å². The van der Waals surface area contributed by atoms with Crippen molar-refractivity contribution in [1.82, 2.24) is 4.72 Å². The molecule has 0 aromatic heterocycles. The van der Waals surface area contributed by atoms with Crippen molar-refractivity contribution in [3.05, 3.63) is 0 Å². The number of sulfonamides is 1. The van der Waals surface area contributed by atoms with E-state index in [0.29, 0.717) is 11.8 Å². The Bertz CT molecular complexity index is 252. The van der Waals surface area contributed by atoms with Crippen LogP contribution in [0.15, 0.2) is 0 Å². The summed E-state index contributed by atoms with van der Waals surface area (Å²) < 4.78 is 25.7. The fourth-order valence-electron chi connectivity index (χ4n) is 0.887. The molecule has 0 aliphatic carbocycles. The van der Waals surface area contributed by atoms with Crippen LogP contribution < -0.4 is 4.72 Å². The SMILES string of the molecule is CC(CCl)CS(=O)(=O)NC(C)C(C)C. The van der Waals surface area contributed by atoms with E-state index in [1.807, 2.05) is 27.7 Å². The average Bonchev–Trinajstić information content (AvgIpc) is 2.02. The third-order valence-electron chi connectivity index (χ3n) is 2.13. The van der Waals surface area contributed by atoms with E-state index in [0.717, 1.165) is 0 Å². The van der Waals surface area contributed by atoms with Crippen molar-refractivity contribution in [3.63, 3.8) is 0 Å². The predicted octanol–water partition coefficient (Wildman–Crippen LogP) is 1.83. The van der Waals surface area contributed by atoms with Crippen LogP contribution in [0.4, 0.5) is 0 Å². The molecule has 1 N–H and O–H groups in total. The lowest BCUT2D eigenvalue weighted by atomic mass is 10.1. The van der Waals surface area contributed by atoms with Crippen molar-refractivity contribution in [3.8, 4) is 0 Å². The molecular formula is C9H20ClNO2S. The summed E-state index contributed by atoms with van der Waals surface area (Å²) in [6.07, 6.45) is 0. The Morgan fingerprint density at radius 1 is 1.21 bits per heavy atom. The van der Waals surface area contributed by atoms with Crippen LogP contribution in [0.2, 0.25) is 0 Å². The van der Waals surface area contributed by atoms with E-state index < -0.39 is 10.0 Å². The van der Waals surface area contributed by atoms with Gasteiger partial charge < -0.3 is 0 Å². The van der Waals surface area contributed by atoms with Crippen molar-refractivity contribution in [2.24, 2.45) is 11.8 Å². The van der Waals surface area contributed by atoms with Gasteiger partial charge in [0, 0.05) is 11.9 Å². The van der Waals surface area contributed by atoms with Crippen molar-refractivity contribution < 1.29 is 8.42 Å². The first-order valence-electron chi connectivity index (χ1n) is 4.84. The highest BCUT2D eigenvalue weighted by Crippen LogP contribution is 2.06. The van der Waals surface area contributed by atoms with Gasteiger partial charge >= 0.3 is 0 Å². The molecule has 0 bridgehead atoms. The molecule has 0 amide bonds. The molecule has 0 spiro atoms. The number of nitrogens with one attached hydrogen (secondary N) is 1. The van der Waals surface area contributed by atoms with Gasteiger partial charge in [-0.15, -0.1) is 11.6 Å². The minimum atomic E-state index is -3.17. The third kappa shape index (κ3) is 5.83. The predicted molar refractivity (Wildman–Crippen MR) is 61.1 cm³/mol. The van der Waals surface area contributed by atoms with E-state index in [9.17, 15) is 8.42 Å². The Kier molecular flexibility index (Phi) is 6.02. The number of halogens is 1. The van der Waals surface area contributed by atoms with E-state index >= 15 is 0 Å². The highest BCUT2D eigenvalue weighted by Gasteiger charge is 2.19. The zero-order chi connectivity index (χ0) is 11.4. The summed E-state index contributed by atoms with van der Waals surface area (Å²) in [5.74, 6) is 0.773. The molecule has 0 aromatic rings. The molecule has 0 aliphatic rings. The van der Waals surface area contributed by atoms with Crippen LogP contribution in [0.1, 0.15) is 27.7 Å². The van der Waals surface area contributed by atoms with E-state index in [1.165, 1.54) is 0 Å². The Morgan fingerprint density at radius 2 is 1.71 bits per heavy atom. The lowest BCUT2D eigenvalue weighted by Crippen LogP contribution is -2.39. The summed E-state index contributed by atoms with van der Waals surface area (Å²) in [6.45, 7) is 7.66.